The molecule has 2 atom stereocenters. The third kappa shape index (κ3) is 2.19. The Morgan fingerprint density at radius 2 is 2.27 bits per heavy atom. The Labute approximate surface area is 92.6 Å². The van der Waals surface area contributed by atoms with Gasteiger partial charge in [-0.1, -0.05) is 12.8 Å². The fourth-order valence-electron chi connectivity index (χ4n) is 3.44. The number of nitrogens with zero attached hydrogens (tertiary/aromatic N) is 1. The molecule has 0 unspecified atom stereocenters. The van der Waals surface area contributed by atoms with E-state index in [1.54, 1.807) is 0 Å². The van der Waals surface area contributed by atoms with Crippen molar-refractivity contribution in [1.82, 2.24) is 4.90 Å². The molecule has 2 fully saturated rings. The monoisotopic (exact) mass is 212 g/mol. The Kier molecular flexibility index (Phi) is 3.65. The van der Waals surface area contributed by atoms with E-state index in [0.29, 0.717) is 6.61 Å². The smallest absolute Gasteiger partial charge is 0.0502 e. The van der Waals surface area contributed by atoms with E-state index in [-0.39, 0.29) is 5.41 Å². The molecule has 1 saturated heterocycles. The summed E-state index contributed by atoms with van der Waals surface area (Å²) in [4.78, 5) is 2.51. The lowest BCUT2D eigenvalue weighted by molar-refractivity contribution is 0.0583. The van der Waals surface area contributed by atoms with E-state index in [2.05, 4.69) is 4.90 Å². The second kappa shape index (κ2) is 4.81. The molecule has 0 radical (unpaired) electrons. The van der Waals surface area contributed by atoms with E-state index < -0.39 is 0 Å². The van der Waals surface area contributed by atoms with Crippen molar-refractivity contribution in [1.29, 1.82) is 0 Å². The highest BCUT2D eigenvalue weighted by Gasteiger charge is 2.46. The van der Waals surface area contributed by atoms with E-state index >= 15 is 0 Å². The molecule has 0 spiro atoms. The Morgan fingerprint density at radius 3 is 2.93 bits per heavy atom. The molecule has 0 bridgehead atoms. The summed E-state index contributed by atoms with van der Waals surface area (Å²) in [6, 6.07) is 0. The lowest BCUT2D eigenvalue weighted by Gasteiger charge is -2.37. The normalized spacial score (nSPS) is 36.8. The first-order valence-electron chi connectivity index (χ1n) is 6.34. The average molecular weight is 212 g/mol. The van der Waals surface area contributed by atoms with E-state index in [0.717, 1.165) is 32.0 Å². The first-order chi connectivity index (χ1) is 7.30. The molecule has 3 N–H and O–H groups in total. The van der Waals surface area contributed by atoms with Crippen LogP contribution in [0.2, 0.25) is 0 Å². The largest absolute Gasteiger partial charge is 0.396 e. The summed E-state index contributed by atoms with van der Waals surface area (Å²) in [6.45, 7) is 4.59. The number of hydrogen-bond acceptors (Lipinski definition) is 3. The van der Waals surface area contributed by atoms with Gasteiger partial charge in [-0.3, -0.25) is 0 Å². The zero-order valence-electron chi connectivity index (χ0n) is 9.62. The molecule has 0 aromatic carbocycles. The number of likely N-dealkylation sites (tertiary alicyclic amines) is 1. The van der Waals surface area contributed by atoms with Crippen LogP contribution in [-0.4, -0.2) is 42.8 Å². The van der Waals surface area contributed by atoms with Crippen LogP contribution < -0.4 is 5.73 Å². The SMILES string of the molecule is NCCCN1C[C@@H]2CCCC[C@]2(CO)C1. The van der Waals surface area contributed by atoms with Gasteiger partial charge < -0.3 is 15.7 Å². The number of nitrogens with two attached hydrogens (primary N) is 1. The van der Waals surface area contributed by atoms with Gasteiger partial charge in [0.1, 0.15) is 0 Å². The summed E-state index contributed by atoms with van der Waals surface area (Å²) in [5, 5.41) is 9.64. The number of hydrogen-bond donors (Lipinski definition) is 2. The number of rotatable bonds is 4. The molecule has 1 aliphatic heterocycles. The molecule has 0 amide bonds. The van der Waals surface area contributed by atoms with Gasteiger partial charge in [0.25, 0.3) is 0 Å². The van der Waals surface area contributed by atoms with Crippen LogP contribution in [0.3, 0.4) is 0 Å². The summed E-state index contributed by atoms with van der Waals surface area (Å²) in [5.74, 6) is 0.744. The topological polar surface area (TPSA) is 49.5 Å². The van der Waals surface area contributed by atoms with E-state index in [1.807, 2.05) is 0 Å². The second-order valence-electron chi connectivity index (χ2n) is 5.34. The molecule has 1 saturated carbocycles. The second-order valence-corrected chi connectivity index (χ2v) is 5.34. The Hall–Kier alpha value is -0.120. The highest BCUT2D eigenvalue weighted by Crippen LogP contribution is 2.46. The lowest BCUT2D eigenvalue weighted by Crippen LogP contribution is -2.37. The van der Waals surface area contributed by atoms with Crippen LogP contribution in [0.25, 0.3) is 0 Å². The summed E-state index contributed by atoms with van der Waals surface area (Å²) >= 11 is 0. The van der Waals surface area contributed by atoms with Gasteiger partial charge in [0.2, 0.25) is 0 Å². The third-order valence-electron chi connectivity index (χ3n) is 4.35. The van der Waals surface area contributed by atoms with Crippen LogP contribution in [0.4, 0.5) is 0 Å². The molecule has 0 aromatic heterocycles. The van der Waals surface area contributed by atoms with Gasteiger partial charge in [-0.2, -0.15) is 0 Å². The highest BCUT2D eigenvalue weighted by molar-refractivity contribution is 4.98. The third-order valence-corrected chi connectivity index (χ3v) is 4.35. The van der Waals surface area contributed by atoms with Gasteiger partial charge in [-0.15, -0.1) is 0 Å². The molecule has 3 nitrogen and oxygen atoms in total. The molecule has 88 valence electrons. The summed E-state index contributed by atoms with van der Waals surface area (Å²) in [5.41, 5.74) is 5.79. The van der Waals surface area contributed by atoms with E-state index in [1.165, 1.54) is 32.2 Å². The Balaban J connectivity index is 1.95. The molecule has 15 heavy (non-hydrogen) atoms. The maximum Gasteiger partial charge on any atom is 0.0502 e. The van der Waals surface area contributed by atoms with Crippen LogP contribution in [0.1, 0.15) is 32.1 Å². The van der Waals surface area contributed by atoms with Crippen LogP contribution >= 0.6 is 0 Å². The van der Waals surface area contributed by atoms with Gasteiger partial charge in [-0.05, 0) is 38.3 Å². The molecule has 3 heteroatoms. The summed E-state index contributed by atoms with van der Waals surface area (Å²) in [7, 11) is 0. The van der Waals surface area contributed by atoms with Crippen molar-refractivity contribution < 1.29 is 5.11 Å². The van der Waals surface area contributed by atoms with Crippen molar-refractivity contribution in [2.45, 2.75) is 32.1 Å². The first-order valence-corrected chi connectivity index (χ1v) is 6.34. The standard InChI is InChI=1S/C12H24N2O/c13-6-3-7-14-8-11-4-1-2-5-12(11,9-14)10-15/h11,15H,1-10,13H2/t11-,12+/m0/s1. The molecule has 2 rings (SSSR count). The Bertz CT molecular complexity index is 210. The molecule has 0 aromatic rings. The summed E-state index contributed by atoms with van der Waals surface area (Å²) in [6.07, 6.45) is 6.31. The predicted molar refractivity (Wildman–Crippen MR) is 61.6 cm³/mol. The minimum absolute atomic E-state index is 0.243. The molecular weight excluding hydrogens is 188 g/mol. The lowest BCUT2D eigenvalue weighted by atomic mass is 9.69. The quantitative estimate of drug-likeness (QED) is 0.725. The molecule has 1 aliphatic carbocycles. The maximum absolute atomic E-state index is 9.64. The molecular formula is C12H24N2O. The van der Waals surface area contributed by atoms with Crippen molar-refractivity contribution >= 4 is 0 Å². The zero-order chi connectivity index (χ0) is 10.7. The van der Waals surface area contributed by atoms with Crippen molar-refractivity contribution in [2.75, 3.05) is 32.8 Å². The molecule has 1 heterocycles. The van der Waals surface area contributed by atoms with Crippen molar-refractivity contribution in [2.24, 2.45) is 17.1 Å². The number of aliphatic hydroxyl groups excluding tert-OH is 1. The number of aliphatic hydroxyl groups is 1. The number of fused-ring (bicyclic) bond motifs is 1. The van der Waals surface area contributed by atoms with Crippen molar-refractivity contribution in [3.05, 3.63) is 0 Å². The first kappa shape index (κ1) is 11.4. The minimum atomic E-state index is 0.243. The summed E-state index contributed by atoms with van der Waals surface area (Å²) < 4.78 is 0. The van der Waals surface area contributed by atoms with Crippen LogP contribution in [-0.2, 0) is 0 Å². The van der Waals surface area contributed by atoms with E-state index in [4.69, 9.17) is 5.73 Å². The highest BCUT2D eigenvalue weighted by atomic mass is 16.3. The van der Waals surface area contributed by atoms with Crippen LogP contribution in [0.15, 0.2) is 0 Å². The molecule has 2 aliphatic rings. The van der Waals surface area contributed by atoms with Crippen LogP contribution in [0.5, 0.6) is 0 Å². The van der Waals surface area contributed by atoms with Gasteiger partial charge in [0.15, 0.2) is 0 Å². The van der Waals surface area contributed by atoms with Gasteiger partial charge in [0, 0.05) is 18.5 Å². The van der Waals surface area contributed by atoms with Gasteiger partial charge in [0.05, 0.1) is 6.61 Å². The van der Waals surface area contributed by atoms with Crippen molar-refractivity contribution in [3.8, 4) is 0 Å². The predicted octanol–water partition coefficient (Wildman–Crippen LogP) is 0.820. The Morgan fingerprint density at radius 1 is 1.40 bits per heavy atom. The average Bonchev–Trinajstić information content (AvgIpc) is 2.65. The van der Waals surface area contributed by atoms with Crippen molar-refractivity contribution in [3.63, 3.8) is 0 Å². The van der Waals surface area contributed by atoms with Gasteiger partial charge in [-0.25, -0.2) is 0 Å². The minimum Gasteiger partial charge on any atom is -0.396 e. The van der Waals surface area contributed by atoms with Gasteiger partial charge >= 0.3 is 0 Å². The van der Waals surface area contributed by atoms with Crippen LogP contribution in [0, 0.1) is 11.3 Å². The fraction of sp³-hybridized carbons (Fsp3) is 1.00. The van der Waals surface area contributed by atoms with E-state index in [9.17, 15) is 5.11 Å². The maximum atomic E-state index is 9.64. The fourth-order valence-corrected chi connectivity index (χ4v) is 3.44. The zero-order valence-corrected chi connectivity index (χ0v) is 9.62.